The molecule has 6 heteroatoms. The standard InChI is InChI=1S/C23H23FN2O3/c24-20-8-6-16(7-9-20)12-21-13-25-22(29-21)19-5-2-10-26(15-19)14-17-3-1-4-18(11-17)23(27)28/h1,3-4,6-9,11,13,19H,2,5,10,12,14-15H2,(H,27,28)/t19-/m1/s1. The smallest absolute Gasteiger partial charge is 0.335 e. The van der Waals surface area contributed by atoms with Gasteiger partial charge in [-0.3, -0.25) is 4.90 Å². The summed E-state index contributed by atoms with van der Waals surface area (Å²) in [6, 6.07) is 13.5. The molecule has 0 amide bonds. The van der Waals surface area contributed by atoms with Gasteiger partial charge in [0.25, 0.3) is 0 Å². The lowest BCUT2D eigenvalue weighted by Gasteiger charge is -2.31. The Kier molecular flexibility index (Phi) is 5.71. The van der Waals surface area contributed by atoms with Crippen LogP contribution < -0.4 is 0 Å². The Morgan fingerprint density at radius 2 is 2.03 bits per heavy atom. The van der Waals surface area contributed by atoms with E-state index in [9.17, 15) is 14.3 Å². The van der Waals surface area contributed by atoms with Crippen molar-refractivity contribution in [2.75, 3.05) is 13.1 Å². The summed E-state index contributed by atoms with van der Waals surface area (Å²) in [6.45, 7) is 2.51. The maximum absolute atomic E-state index is 13.1. The SMILES string of the molecule is O=C(O)c1cccc(CN2CCC[C@@H](c3ncc(Cc4ccc(F)cc4)o3)C2)c1. The van der Waals surface area contributed by atoms with Crippen LogP contribution in [0.2, 0.25) is 0 Å². The van der Waals surface area contributed by atoms with Crippen molar-refractivity contribution in [1.29, 1.82) is 0 Å². The molecule has 1 saturated heterocycles. The Morgan fingerprint density at radius 3 is 2.83 bits per heavy atom. The fourth-order valence-electron chi connectivity index (χ4n) is 3.86. The largest absolute Gasteiger partial charge is 0.478 e. The normalized spacial score (nSPS) is 17.3. The molecule has 1 aliphatic heterocycles. The number of oxazole rings is 1. The molecule has 3 aromatic rings. The first-order valence-electron chi connectivity index (χ1n) is 9.80. The van der Waals surface area contributed by atoms with Gasteiger partial charge in [0.05, 0.1) is 11.8 Å². The van der Waals surface area contributed by atoms with Crippen LogP contribution in [0.4, 0.5) is 4.39 Å². The highest BCUT2D eigenvalue weighted by Gasteiger charge is 2.25. The van der Waals surface area contributed by atoms with Crippen molar-refractivity contribution < 1.29 is 18.7 Å². The number of aromatic nitrogens is 1. The predicted molar refractivity (Wildman–Crippen MR) is 106 cm³/mol. The fraction of sp³-hybridized carbons (Fsp3) is 0.304. The number of halogens is 1. The molecule has 0 unspecified atom stereocenters. The molecule has 4 rings (SSSR count). The molecular formula is C23H23FN2O3. The summed E-state index contributed by atoms with van der Waals surface area (Å²) in [5.74, 6) is 0.581. The molecule has 1 aliphatic rings. The van der Waals surface area contributed by atoms with Crippen LogP contribution in [0.15, 0.2) is 59.1 Å². The van der Waals surface area contributed by atoms with Crippen molar-refractivity contribution in [3.63, 3.8) is 0 Å². The highest BCUT2D eigenvalue weighted by molar-refractivity contribution is 5.87. The third kappa shape index (κ3) is 4.90. The highest BCUT2D eigenvalue weighted by Crippen LogP contribution is 2.28. The molecule has 0 bridgehead atoms. The van der Waals surface area contributed by atoms with Crippen LogP contribution >= 0.6 is 0 Å². The molecule has 29 heavy (non-hydrogen) atoms. The summed E-state index contributed by atoms with van der Waals surface area (Å²) in [5.41, 5.74) is 2.29. The van der Waals surface area contributed by atoms with Gasteiger partial charge >= 0.3 is 5.97 Å². The molecule has 150 valence electrons. The first-order chi connectivity index (χ1) is 14.1. The lowest BCUT2D eigenvalue weighted by molar-refractivity contribution is 0.0696. The molecule has 5 nitrogen and oxygen atoms in total. The van der Waals surface area contributed by atoms with Gasteiger partial charge in [-0.05, 0) is 54.8 Å². The molecule has 2 aromatic carbocycles. The van der Waals surface area contributed by atoms with E-state index < -0.39 is 5.97 Å². The zero-order valence-electron chi connectivity index (χ0n) is 16.1. The van der Waals surface area contributed by atoms with Gasteiger partial charge in [0, 0.05) is 25.4 Å². The van der Waals surface area contributed by atoms with Gasteiger partial charge in [-0.1, -0.05) is 24.3 Å². The second-order valence-corrected chi connectivity index (χ2v) is 7.55. The van der Waals surface area contributed by atoms with E-state index in [0.717, 1.165) is 48.7 Å². The predicted octanol–water partition coefficient (Wildman–Crippen LogP) is 4.48. The van der Waals surface area contributed by atoms with Crippen LogP contribution in [0.5, 0.6) is 0 Å². The minimum absolute atomic E-state index is 0.216. The number of nitrogens with zero attached hydrogens (tertiary/aromatic N) is 2. The number of hydrogen-bond donors (Lipinski definition) is 1. The van der Waals surface area contributed by atoms with E-state index >= 15 is 0 Å². The van der Waals surface area contributed by atoms with Crippen molar-refractivity contribution in [3.8, 4) is 0 Å². The molecule has 0 radical (unpaired) electrons. The Morgan fingerprint density at radius 1 is 1.21 bits per heavy atom. The van der Waals surface area contributed by atoms with Crippen molar-refractivity contribution in [3.05, 3.63) is 88.9 Å². The van der Waals surface area contributed by atoms with E-state index in [1.165, 1.54) is 12.1 Å². The van der Waals surface area contributed by atoms with Crippen LogP contribution in [0.1, 0.15) is 51.9 Å². The zero-order valence-corrected chi connectivity index (χ0v) is 16.1. The van der Waals surface area contributed by atoms with Gasteiger partial charge in [0.15, 0.2) is 5.89 Å². The first kappa shape index (κ1) is 19.3. The average molecular weight is 394 g/mol. The van der Waals surface area contributed by atoms with Crippen LogP contribution in [-0.4, -0.2) is 34.0 Å². The monoisotopic (exact) mass is 394 g/mol. The Hall–Kier alpha value is -2.99. The molecule has 1 aromatic heterocycles. The molecule has 1 atom stereocenters. The third-order valence-corrected chi connectivity index (χ3v) is 5.30. The van der Waals surface area contributed by atoms with E-state index in [2.05, 4.69) is 9.88 Å². The maximum Gasteiger partial charge on any atom is 0.335 e. The van der Waals surface area contributed by atoms with Crippen LogP contribution in [-0.2, 0) is 13.0 Å². The molecule has 0 aliphatic carbocycles. The van der Waals surface area contributed by atoms with Crippen molar-refractivity contribution in [2.45, 2.75) is 31.7 Å². The topological polar surface area (TPSA) is 66.6 Å². The quantitative estimate of drug-likeness (QED) is 0.668. The summed E-state index contributed by atoms with van der Waals surface area (Å²) in [5, 5.41) is 9.17. The van der Waals surface area contributed by atoms with Crippen molar-refractivity contribution in [1.82, 2.24) is 9.88 Å². The van der Waals surface area contributed by atoms with Crippen molar-refractivity contribution in [2.24, 2.45) is 0 Å². The molecular weight excluding hydrogens is 371 g/mol. The summed E-state index contributed by atoms with van der Waals surface area (Å²) in [4.78, 5) is 18.0. The second kappa shape index (κ2) is 8.57. The number of rotatable bonds is 6. The van der Waals surface area contributed by atoms with Gasteiger partial charge in [-0.25, -0.2) is 14.2 Å². The highest BCUT2D eigenvalue weighted by atomic mass is 19.1. The Labute approximate surface area is 168 Å². The minimum Gasteiger partial charge on any atom is -0.478 e. The van der Waals surface area contributed by atoms with Crippen molar-refractivity contribution >= 4 is 5.97 Å². The molecule has 1 N–H and O–H groups in total. The van der Waals surface area contributed by atoms with E-state index in [-0.39, 0.29) is 11.7 Å². The van der Waals surface area contributed by atoms with E-state index in [0.29, 0.717) is 18.5 Å². The molecule has 1 fully saturated rings. The van der Waals surface area contributed by atoms with Crippen LogP contribution in [0, 0.1) is 5.82 Å². The first-order valence-corrected chi connectivity index (χ1v) is 9.80. The lowest BCUT2D eigenvalue weighted by Crippen LogP contribution is -2.34. The van der Waals surface area contributed by atoms with E-state index in [1.807, 2.05) is 6.07 Å². The maximum atomic E-state index is 13.1. The van der Waals surface area contributed by atoms with Gasteiger partial charge in [0.1, 0.15) is 11.6 Å². The second-order valence-electron chi connectivity index (χ2n) is 7.55. The summed E-state index contributed by atoms with van der Waals surface area (Å²) in [7, 11) is 0. The third-order valence-electron chi connectivity index (χ3n) is 5.30. The summed E-state index contributed by atoms with van der Waals surface area (Å²) >= 11 is 0. The van der Waals surface area contributed by atoms with E-state index in [1.54, 1.807) is 36.5 Å². The average Bonchev–Trinajstić information content (AvgIpc) is 3.19. The number of likely N-dealkylation sites (tertiary alicyclic amines) is 1. The number of hydrogen-bond acceptors (Lipinski definition) is 4. The van der Waals surface area contributed by atoms with Gasteiger partial charge in [-0.2, -0.15) is 0 Å². The molecule has 2 heterocycles. The Bertz CT molecular complexity index is 984. The summed E-state index contributed by atoms with van der Waals surface area (Å²) in [6.07, 6.45) is 4.40. The van der Waals surface area contributed by atoms with Gasteiger partial charge in [0.2, 0.25) is 0 Å². The van der Waals surface area contributed by atoms with Gasteiger partial charge in [-0.15, -0.1) is 0 Å². The van der Waals surface area contributed by atoms with E-state index in [4.69, 9.17) is 4.42 Å². The number of benzene rings is 2. The fourth-order valence-corrected chi connectivity index (χ4v) is 3.86. The lowest BCUT2D eigenvalue weighted by atomic mass is 9.97. The number of carboxylic acids is 1. The minimum atomic E-state index is -0.906. The van der Waals surface area contributed by atoms with Crippen LogP contribution in [0.25, 0.3) is 0 Å². The molecule has 0 spiro atoms. The van der Waals surface area contributed by atoms with Gasteiger partial charge < -0.3 is 9.52 Å². The number of carboxylic acid groups (broad SMARTS) is 1. The van der Waals surface area contributed by atoms with Crippen LogP contribution in [0.3, 0.4) is 0 Å². The number of carbonyl (C=O) groups is 1. The number of piperidine rings is 1. The Balaban J connectivity index is 1.39. The zero-order chi connectivity index (χ0) is 20.2. The number of aromatic carboxylic acids is 1. The molecule has 0 saturated carbocycles. The summed E-state index contributed by atoms with van der Waals surface area (Å²) < 4.78 is 19.1.